The largest absolute Gasteiger partial charge is 0.481 e. The quantitative estimate of drug-likeness (QED) is 0.679. The van der Waals surface area contributed by atoms with Gasteiger partial charge >= 0.3 is 5.97 Å². The Balaban J connectivity index is 1.85. The number of aliphatic carboxylic acids is 1. The topological polar surface area (TPSA) is 46.5 Å². The van der Waals surface area contributed by atoms with Crippen LogP contribution in [0.4, 0.5) is 0 Å². The van der Waals surface area contributed by atoms with Crippen LogP contribution in [0.5, 0.6) is 0 Å². The Labute approximate surface area is 71.7 Å². The molecule has 12 heavy (non-hydrogen) atoms. The molecule has 1 N–H and O–H groups in total. The van der Waals surface area contributed by atoms with Crippen molar-refractivity contribution >= 4 is 5.97 Å². The first-order valence-electron chi connectivity index (χ1n) is 4.50. The lowest BCUT2D eigenvalue weighted by atomic mass is 9.83. The Hall–Kier alpha value is -0.570. The van der Waals surface area contributed by atoms with Gasteiger partial charge in [-0.1, -0.05) is 0 Å². The second kappa shape index (κ2) is 2.73. The van der Waals surface area contributed by atoms with Crippen LogP contribution in [0.2, 0.25) is 0 Å². The monoisotopic (exact) mass is 170 g/mol. The Kier molecular flexibility index (Phi) is 1.83. The van der Waals surface area contributed by atoms with Gasteiger partial charge in [-0.3, -0.25) is 4.79 Å². The van der Waals surface area contributed by atoms with Crippen molar-refractivity contribution in [2.75, 3.05) is 13.2 Å². The van der Waals surface area contributed by atoms with E-state index < -0.39 is 5.97 Å². The molecule has 0 aromatic rings. The first-order chi connectivity index (χ1) is 5.70. The summed E-state index contributed by atoms with van der Waals surface area (Å²) in [6, 6.07) is 0. The third-order valence-electron chi connectivity index (χ3n) is 3.08. The number of carboxylic acids is 1. The van der Waals surface area contributed by atoms with Gasteiger partial charge in [-0.2, -0.15) is 0 Å². The van der Waals surface area contributed by atoms with Gasteiger partial charge in [0.1, 0.15) is 0 Å². The van der Waals surface area contributed by atoms with Gasteiger partial charge in [0.2, 0.25) is 0 Å². The predicted octanol–water partition coefficient (Wildman–Crippen LogP) is 1.28. The number of hydrogen-bond acceptors (Lipinski definition) is 2. The molecule has 0 aromatic carbocycles. The van der Waals surface area contributed by atoms with Crippen molar-refractivity contribution < 1.29 is 14.6 Å². The fraction of sp³-hybridized carbons (Fsp3) is 0.889. The minimum absolute atomic E-state index is 0.349. The van der Waals surface area contributed by atoms with Crippen LogP contribution < -0.4 is 0 Å². The Morgan fingerprint density at radius 3 is 2.75 bits per heavy atom. The highest BCUT2D eigenvalue weighted by Gasteiger charge is 2.45. The summed E-state index contributed by atoms with van der Waals surface area (Å²) in [6.07, 6.45) is 3.67. The van der Waals surface area contributed by atoms with E-state index in [1.165, 1.54) is 6.42 Å². The number of ether oxygens (including phenoxy) is 1. The highest BCUT2D eigenvalue weighted by atomic mass is 16.5. The molecule has 3 heteroatoms. The predicted molar refractivity (Wildman–Crippen MR) is 42.8 cm³/mol. The maximum Gasteiger partial charge on any atom is 0.303 e. The average molecular weight is 170 g/mol. The Bertz CT molecular complexity index is 196. The van der Waals surface area contributed by atoms with E-state index in [-0.39, 0.29) is 0 Å². The molecule has 1 heterocycles. The molecule has 2 rings (SSSR count). The summed E-state index contributed by atoms with van der Waals surface area (Å²) in [5.74, 6) is -0.247. The summed E-state index contributed by atoms with van der Waals surface area (Å²) >= 11 is 0. The summed E-state index contributed by atoms with van der Waals surface area (Å²) < 4.78 is 5.17. The third-order valence-corrected chi connectivity index (χ3v) is 3.08. The second-order valence-corrected chi connectivity index (χ2v) is 4.20. The average Bonchev–Trinajstić information content (AvgIpc) is 2.29. The van der Waals surface area contributed by atoms with Gasteiger partial charge in [0.25, 0.3) is 0 Å². The van der Waals surface area contributed by atoms with Gasteiger partial charge in [-0.15, -0.1) is 0 Å². The van der Waals surface area contributed by atoms with E-state index in [9.17, 15) is 4.79 Å². The van der Waals surface area contributed by atoms with E-state index in [1.807, 2.05) is 0 Å². The van der Waals surface area contributed by atoms with Crippen LogP contribution in [0.1, 0.15) is 25.7 Å². The first-order valence-corrected chi connectivity index (χ1v) is 4.50. The molecule has 0 amide bonds. The minimum atomic E-state index is -0.655. The lowest BCUT2D eigenvalue weighted by Crippen LogP contribution is -2.40. The van der Waals surface area contributed by atoms with E-state index in [1.54, 1.807) is 0 Å². The van der Waals surface area contributed by atoms with Gasteiger partial charge in [-0.05, 0) is 25.2 Å². The van der Waals surface area contributed by atoms with Gasteiger partial charge in [0.15, 0.2) is 0 Å². The lowest BCUT2D eigenvalue weighted by Gasteiger charge is -2.38. The molecular weight excluding hydrogens is 156 g/mol. The van der Waals surface area contributed by atoms with Crippen LogP contribution in [0.15, 0.2) is 0 Å². The molecule has 1 unspecified atom stereocenters. The molecule has 1 spiro atoms. The molecule has 1 aliphatic carbocycles. The fourth-order valence-electron chi connectivity index (χ4n) is 2.40. The van der Waals surface area contributed by atoms with Gasteiger partial charge in [-0.25, -0.2) is 0 Å². The summed E-state index contributed by atoms with van der Waals surface area (Å²) in [5.41, 5.74) is 0.389. The normalized spacial score (nSPS) is 31.8. The minimum Gasteiger partial charge on any atom is -0.481 e. The third kappa shape index (κ3) is 1.33. The van der Waals surface area contributed by atoms with Gasteiger partial charge < -0.3 is 9.84 Å². The van der Waals surface area contributed by atoms with Gasteiger partial charge in [0, 0.05) is 11.8 Å². The highest BCUT2D eigenvalue weighted by Crippen LogP contribution is 2.47. The van der Waals surface area contributed by atoms with Crippen LogP contribution in [-0.4, -0.2) is 24.3 Å². The van der Waals surface area contributed by atoms with Crippen molar-refractivity contribution in [3.05, 3.63) is 0 Å². The van der Waals surface area contributed by atoms with Crippen molar-refractivity contribution in [2.24, 2.45) is 11.3 Å². The van der Waals surface area contributed by atoms with E-state index in [0.29, 0.717) is 17.8 Å². The molecule has 2 aliphatic rings. The molecule has 1 saturated carbocycles. The zero-order valence-electron chi connectivity index (χ0n) is 7.08. The lowest BCUT2D eigenvalue weighted by molar-refractivity contribution is -0.138. The molecule has 1 saturated heterocycles. The summed E-state index contributed by atoms with van der Waals surface area (Å²) in [6.45, 7) is 1.73. The molecular formula is C9H14O3. The molecule has 68 valence electrons. The molecule has 0 radical (unpaired) electrons. The number of carboxylic acid groups (broad SMARTS) is 1. The van der Waals surface area contributed by atoms with Crippen molar-refractivity contribution in [3.8, 4) is 0 Å². The molecule has 1 atom stereocenters. The summed E-state index contributed by atoms with van der Waals surface area (Å²) in [7, 11) is 0. The maximum atomic E-state index is 10.4. The van der Waals surface area contributed by atoms with Gasteiger partial charge in [0.05, 0.1) is 13.2 Å². The van der Waals surface area contributed by atoms with E-state index in [0.717, 1.165) is 26.1 Å². The molecule has 2 fully saturated rings. The van der Waals surface area contributed by atoms with Crippen LogP contribution in [0.3, 0.4) is 0 Å². The van der Waals surface area contributed by atoms with Crippen molar-refractivity contribution in [1.29, 1.82) is 0 Å². The van der Waals surface area contributed by atoms with Crippen molar-refractivity contribution in [1.82, 2.24) is 0 Å². The SMILES string of the molecule is O=C(O)CC1CCC2(COC2)C1. The number of rotatable bonds is 2. The molecule has 0 aromatic heterocycles. The maximum absolute atomic E-state index is 10.4. The number of carbonyl (C=O) groups is 1. The first kappa shape index (κ1) is 8.05. The fourth-order valence-corrected chi connectivity index (χ4v) is 2.40. The summed E-state index contributed by atoms with van der Waals surface area (Å²) in [5, 5.41) is 8.60. The molecule has 1 aliphatic heterocycles. The van der Waals surface area contributed by atoms with Crippen molar-refractivity contribution in [3.63, 3.8) is 0 Å². The van der Waals surface area contributed by atoms with E-state index >= 15 is 0 Å². The van der Waals surface area contributed by atoms with Crippen LogP contribution in [-0.2, 0) is 9.53 Å². The van der Waals surface area contributed by atoms with Crippen molar-refractivity contribution in [2.45, 2.75) is 25.7 Å². The zero-order chi connectivity index (χ0) is 8.60. The standard InChI is InChI=1S/C9H14O3/c10-8(11)3-7-1-2-9(4-7)5-12-6-9/h7H,1-6H2,(H,10,11). The van der Waals surface area contributed by atoms with Crippen LogP contribution in [0.25, 0.3) is 0 Å². The molecule has 0 bridgehead atoms. The Morgan fingerprint density at radius 2 is 2.33 bits per heavy atom. The highest BCUT2D eigenvalue weighted by molar-refractivity contribution is 5.67. The van der Waals surface area contributed by atoms with E-state index in [4.69, 9.17) is 9.84 Å². The Morgan fingerprint density at radius 1 is 1.58 bits per heavy atom. The number of hydrogen-bond donors (Lipinski definition) is 1. The molecule has 3 nitrogen and oxygen atoms in total. The smallest absolute Gasteiger partial charge is 0.303 e. The van der Waals surface area contributed by atoms with E-state index in [2.05, 4.69) is 0 Å². The summed E-state index contributed by atoms with van der Waals surface area (Å²) in [4.78, 5) is 10.4. The van der Waals surface area contributed by atoms with Crippen LogP contribution >= 0.6 is 0 Å². The second-order valence-electron chi connectivity index (χ2n) is 4.20. The van der Waals surface area contributed by atoms with Crippen LogP contribution in [0, 0.1) is 11.3 Å². The zero-order valence-corrected chi connectivity index (χ0v) is 7.08.